The van der Waals surface area contributed by atoms with Crippen LogP contribution in [0.3, 0.4) is 0 Å². The molecule has 24 heavy (non-hydrogen) atoms. The Bertz CT molecular complexity index is 538. The molecule has 0 radical (unpaired) electrons. The van der Waals surface area contributed by atoms with Gasteiger partial charge < -0.3 is 39.8 Å². The molecule has 0 bridgehead atoms. The molecule has 0 aliphatic carbocycles. The summed E-state index contributed by atoms with van der Waals surface area (Å²) in [4.78, 5) is 0. The number of ether oxygens (including phenoxy) is 5. The molecule has 0 aromatic heterocycles. The van der Waals surface area contributed by atoms with Crippen molar-refractivity contribution in [2.24, 2.45) is 10.9 Å². The number of fused-ring (bicyclic) bond motifs is 1. The van der Waals surface area contributed by atoms with Gasteiger partial charge in [0.1, 0.15) is 18.3 Å². The molecule has 5 unspecified atom stereocenters. The van der Waals surface area contributed by atoms with Gasteiger partial charge >= 0.3 is 0 Å². The average Bonchev–Trinajstić information content (AvgIpc) is 3.05. The smallest absolute Gasteiger partial charge is 0.190 e. The highest BCUT2D eigenvalue weighted by Crippen LogP contribution is 2.48. The van der Waals surface area contributed by atoms with Crippen LogP contribution in [-0.2, 0) is 23.7 Å². The first kappa shape index (κ1) is 17.8. The molecule has 0 amide bonds. The number of amidine groups is 1. The molecular formula is C14H25N3O7. The topological polar surface area (TPSA) is 128 Å². The van der Waals surface area contributed by atoms with Crippen LogP contribution >= 0.6 is 0 Å². The van der Waals surface area contributed by atoms with E-state index in [1.165, 1.54) is 7.05 Å². The summed E-state index contributed by atoms with van der Waals surface area (Å²) in [6, 6.07) is 0. The van der Waals surface area contributed by atoms with Crippen LogP contribution < -0.4 is 5.73 Å². The zero-order chi connectivity index (χ0) is 17.9. The summed E-state index contributed by atoms with van der Waals surface area (Å²) in [5, 5.41) is 23.7. The quantitative estimate of drug-likeness (QED) is 0.275. The minimum atomic E-state index is -1.50. The zero-order valence-corrected chi connectivity index (χ0v) is 14.4. The van der Waals surface area contributed by atoms with Crippen molar-refractivity contribution in [3.8, 4) is 0 Å². The SMILES string of the molecule is CN(O)C1(/C(N)=N/O)C(C2COC(C)(C)O2)OC2OC(C)(C)OC21. The fraction of sp³-hybridized carbons (Fsp3) is 0.929. The minimum Gasteiger partial charge on any atom is -0.409 e. The lowest BCUT2D eigenvalue weighted by Gasteiger charge is -2.41. The molecule has 10 nitrogen and oxygen atoms in total. The maximum atomic E-state index is 10.4. The second-order valence-corrected chi connectivity index (χ2v) is 7.18. The zero-order valence-electron chi connectivity index (χ0n) is 14.4. The summed E-state index contributed by atoms with van der Waals surface area (Å²) in [7, 11) is 1.38. The van der Waals surface area contributed by atoms with Crippen LogP contribution in [0.1, 0.15) is 27.7 Å². The van der Waals surface area contributed by atoms with E-state index < -0.39 is 41.7 Å². The molecule has 0 aromatic carbocycles. The molecule has 3 saturated heterocycles. The molecule has 3 aliphatic rings. The Morgan fingerprint density at radius 2 is 1.79 bits per heavy atom. The summed E-state index contributed by atoms with van der Waals surface area (Å²) in [5.74, 6) is -2.01. The number of nitrogens with two attached hydrogens (primary N) is 1. The van der Waals surface area contributed by atoms with E-state index in [1.807, 2.05) is 0 Å². The Hall–Kier alpha value is -1.01. The second kappa shape index (κ2) is 5.49. The lowest BCUT2D eigenvalue weighted by atomic mass is 9.83. The number of nitrogens with zero attached hydrogens (tertiary/aromatic N) is 2. The van der Waals surface area contributed by atoms with Crippen molar-refractivity contribution in [3.05, 3.63) is 0 Å². The standard InChI is InChI=1S/C14H25N3O7/c1-12(2)20-6-7(22-12)8-14(17(5)19,11(15)16-18)9-10(21-8)24-13(3,4)23-9/h7-10,18-19H,6H2,1-5H3,(H2,15,16). The molecule has 3 heterocycles. The number of rotatable bonds is 3. The molecular weight excluding hydrogens is 322 g/mol. The Kier molecular flexibility index (Phi) is 4.08. The summed E-state index contributed by atoms with van der Waals surface area (Å²) in [6.07, 6.45) is -3.05. The van der Waals surface area contributed by atoms with Crippen LogP contribution in [0, 0.1) is 0 Å². The van der Waals surface area contributed by atoms with E-state index in [2.05, 4.69) is 5.16 Å². The average molecular weight is 347 g/mol. The van der Waals surface area contributed by atoms with Gasteiger partial charge in [-0.05, 0) is 27.7 Å². The van der Waals surface area contributed by atoms with Gasteiger partial charge in [0.15, 0.2) is 29.2 Å². The van der Waals surface area contributed by atoms with Gasteiger partial charge in [0.25, 0.3) is 0 Å². The monoisotopic (exact) mass is 347 g/mol. The van der Waals surface area contributed by atoms with Crippen LogP contribution in [0.25, 0.3) is 0 Å². The molecule has 3 rings (SSSR count). The van der Waals surface area contributed by atoms with Crippen molar-refractivity contribution in [2.75, 3.05) is 13.7 Å². The molecule has 3 fully saturated rings. The predicted molar refractivity (Wildman–Crippen MR) is 79.3 cm³/mol. The van der Waals surface area contributed by atoms with Crippen LogP contribution in [0.15, 0.2) is 5.16 Å². The van der Waals surface area contributed by atoms with Gasteiger partial charge in [0.2, 0.25) is 0 Å². The number of hydroxylamine groups is 2. The molecule has 0 aromatic rings. The van der Waals surface area contributed by atoms with Gasteiger partial charge in [-0.1, -0.05) is 5.16 Å². The van der Waals surface area contributed by atoms with Crippen molar-refractivity contribution in [1.29, 1.82) is 0 Å². The molecule has 10 heteroatoms. The minimum absolute atomic E-state index is 0.217. The Morgan fingerprint density at radius 3 is 2.29 bits per heavy atom. The van der Waals surface area contributed by atoms with Gasteiger partial charge in [-0.3, -0.25) is 0 Å². The summed E-state index contributed by atoms with van der Waals surface area (Å²) in [6.45, 7) is 7.20. The van der Waals surface area contributed by atoms with E-state index in [-0.39, 0.29) is 12.4 Å². The summed E-state index contributed by atoms with van der Waals surface area (Å²) < 4.78 is 29.1. The van der Waals surface area contributed by atoms with Crippen LogP contribution in [-0.4, -0.2) is 76.7 Å². The molecule has 5 atom stereocenters. The van der Waals surface area contributed by atoms with E-state index in [1.54, 1.807) is 27.7 Å². The normalized spacial score (nSPS) is 44.2. The Balaban J connectivity index is 2.03. The summed E-state index contributed by atoms with van der Waals surface area (Å²) in [5.41, 5.74) is 4.47. The molecule has 4 N–H and O–H groups in total. The second-order valence-electron chi connectivity index (χ2n) is 7.18. The number of hydrogen-bond donors (Lipinski definition) is 3. The Labute approximate surface area is 140 Å². The highest BCUT2D eigenvalue weighted by atomic mass is 16.8. The maximum absolute atomic E-state index is 10.4. The van der Waals surface area contributed by atoms with Gasteiger partial charge in [0.05, 0.1) is 6.61 Å². The third kappa shape index (κ3) is 2.49. The highest BCUT2D eigenvalue weighted by molar-refractivity contribution is 5.91. The lowest BCUT2D eigenvalue weighted by molar-refractivity contribution is -0.252. The van der Waals surface area contributed by atoms with Gasteiger partial charge in [-0.15, -0.1) is 0 Å². The Morgan fingerprint density at radius 1 is 1.12 bits per heavy atom. The van der Waals surface area contributed by atoms with Gasteiger partial charge in [0, 0.05) is 7.05 Å². The first-order valence-electron chi connectivity index (χ1n) is 7.77. The highest BCUT2D eigenvalue weighted by Gasteiger charge is 2.70. The van der Waals surface area contributed by atoms with Gasteiger partial charge in [-0.2, -0.15) is 5.06 Å². The van der Waals surface area contributed by atoms with E-state index in [4.69, 9.17) is 29.4 Å². The number of likely N-dealkylation sites (N-methyl/N-ethyl adjacent to an activating group) is 1. The number of hydrogen-bond acceptors (Lipinski definition) is 9. The fourth-order valence-electron chi connectivity index (χ4n) is 3.68. The molecule has 0 saturated carbocycles. The predicted octanol–water partition coefficient (Wildman–Crippen LogP) is -0.179. The third-order valence-corrected chi connectivity index (χ3v) is 4.63. The molecule has 3 aliphatic heterocycles. The largest absolute Gasteiger partial charge is 0.409 e. The van der Waals surface area contributed by atoms with E-state index in [0.717, 1.165) is 5.06 Å². The van der Waals surface area contributed by atoms with E-state index in [9.17, 15) is 10.4 Å². The first-order chi connectivity index (χ1) is 11.0. The van der Waals surface area contributed by atoms with E-state index in [0.29, 0.717) is 0 Å². The first-order valence-corrected chi connectivity index (χ1v) is 7.77. The van der Waals surface area contributed by atoms with Crippen molar-refractivity contribution < 1.29 is 34.1 Å². The van der Waals surface area contributed by atoms with Crippen molar-refractivity contribution in [2.45, 2.75) is 69.4 Å². The summed E-state index contributed by atoms with van der Waals surface area (Å²) >= 11 is 0. The molecule has 138 valence electrons. The molecule has 0 spiro atoms. The fourth-order valence-corrected chi connectivity index (χ4v) is 3.68. The van der Waals surface area contributed by atoms with Crippen molar-refractivity contribution in [3.63, 3.8) is 0 Å². The van der Waals surface area contributed by atoms with Crippen molar-refractivity contribution >= 4 is 5.84 Å². The van der Waals surface area contributed by atoms with Gasteiger partial charge in [-0.25, -0.2) is 0 Å². The lowest BCUT2D eigenvalue weighted by Crippen LogP contribution is -2.69. The number of oxime groups is 1. The van der Waals surface area contributed by atoms with Crippen molar-refractivity contribution in [1.82, 2.24) is 5.06 Å². The van der Waals surface area contributed by atoms with Crippen LogP contribution in [0.5, 0.6) is 0 Å². The third-order valence-electron chi connectivity index (χ3n) is 4.63. The van der Waals surface area contributed by atoms with Crippen LogP contribution in [0.4, 0.5) is 0 Å². The maximum Gasteiger partial charge on any atom is 0.190 e. The van der Waals surface area contributed by atoms with Crippen LogP contribution in [0.2, 0.25) is 0 Å². The van der Waals surface area contributed by atoms with E-state index >= 15 is 0 Å².